The van der Waals surface area contributed by atoms with Crippen LogP contribution < -0.4 is 5.73 Å². The molecule has 1 aromatic heterocycles. The molecular weight excluding hydrogens is 210 g/mol. The molecule has 1 aliphatic heterocycles. The normalized spacial score (nSPS) is 22.3. The van der Waals surface area contributed by atoms with Crippen LogP contribution in [-0.4, -0.2) is 28.5 Å². The molecule has 3 nitrogen and oxygen atoms in total. The van der Waals surface area contributed by atoms with Gasteiger partial charge in [0.2, 0.25) is 0 Å². The molecule has 2 heterocycles. The highest BCUT2D eigenvalue weighted by Gasteiger charge is 2.38. The average Bonchev–Trinajstić information content (AvgIpc) is 2.92. The minimum Gasteiger partial charge on any atom is -0.322 e. The molecule has 0 saturated carbocycles. The standard InChI is InChI=1S/C14H23N3/c1-3-14(2,17-9-4-5-10-17)13(15)12-7-6-8-16-11-12/h6-8,11,13H,3-5,9-10,15H2,1-2H3. The zero-order chi connectivity index (χ0) is 12.3. The van der Waals surface area contributed by atoms with Crippen molar-refractivity contribution in [3.8, 4) is 0 Å². The first kappa shape index (κ1) is 12.5. The van der Waals surface area contributed by atoms with Crippen LogP contribution >= 0.6 is 0 Å². The Hall–Kier alpha value is -0.930. The van der Waals surface area contributed by atoms with Crippen LogP contribution in [0, 0.1) is 0 Å². The highest BCUT2D eigenvalue weighted by atomic mass is 15.2. The summed E-state index contributed by atoms with van der Waals surface area (Å²) in [5.74, 6) is 0. The molecule has 2 N–H and O–H groups in total. The molecule has 2 atom stereocenters. The highest BCUT2D eigenvalue weighted by molar-refractivity contribution is 5.19. The maximum absolute atomic E-state index is 6.48. The molecule has 2 unspecified atom stereocenters. The van der Waals surface area contributed by atoms with Gasteiger partial charge in [-0.25, -0.2) is 0 Å². The van der Waals surface area contributed by atoms with Crippen LogP contribution in [0.5, 0.6) is 0 Å². The third-order valence-electron chi connectivity index (χ3n) is 4.26. The molecule has 1 fully saturated rings. The van der Waals surface area contributed by atoms with E-state index in [2.05, 4.69) is 29.8 Å². The first-order valence-corrected chi connectivity index (χ1v) is 6.59. The van der Waals surface area contributed by atoms with Crippen LogP contribution in [0.25, 0.3) is 0 Å². The second-order valence-corrected chi connectivity index (χ2v) is 5.17. The van der Waals surface area contributed by atoms with Crippen molar-refractivity contribution in [2.75, 3.05) is 13.1 Å². The van der Waals surface area contributed by atoms with Crippen molar-refractivity contribution in [2.45, 2.75) is 44.7 Å². The molecular formula is C14H23N3. The second-order valence-electron chi connectivity index (χ2n) is 5.17. The van der Waals surface area contributed by atoms with Crippen LogP contribution in [0.3, 0.4) is 0 Å². The van der Waals surface area contributed by atoms with Crippen LogP contribution in [0.1, 0.15) is 44.7 Å². The van der Waals surface area contributed by atoms with Crippen molar-refractivity contribution in [1.29, 1.82) is 0 Å². The number of rotatable bonds is 4. The summed E-state index contributed by atoms with van der Waals surface area (Å²) < 4.78 is 0. The minimum atomic E-state index is 0.0410. The van der Waals surface area contributed by atoms with E-state index in [0.717, 1.165) is 12.0 Å². The summed E-state index contributed by atoms with van der Waals surface area (Å²) in [5, 5.41) is 0. The van der Waals surface area contributed by atoms with E-state index < -0.39 is 0 Å². The molecule has 0 spiro atoms. The van der Waals surface area contributed by atoms with E-state index >= 15 is 0 Å². The number of hydrogen-bond donors (Lipinski definition) is 1. The number of nitrogens with zero attached hydrogens (tertiary/aromatic N) is 2. The summed E-state index contributed by atoms with van der Waals surface area (Å²) in [7, 11) is 0. The molecule has 1 aromatic rings. The summed E-state index contributed by atoms with van der Waals surface area (Å²) in [6.45, 7) is 6.88. The lowest BCUT2D eigenvalue weighted by Crippen LogP contribution is -2.51. The molecule has 0 bridgehead atoms. The number of hydrogen-bond acceptors (Lipinski definition) is 3. The Morgan fingerprint density at radius 2 is 2.18 bits per heavy atom. The molecule has 2 rings (SSSR count). The van der Waals surface area contributed by atoms with Gasteiger partial charge in [0, 0.05) is 24.0 Å². The van der Waals surface area contributed by atoms with Gasteiger partial charge in [-0.2, -0.15) is 0 Å². The zero-order valence-electron chi connectivity index (χ0n) is 10.9. The Balaban J connectivity index is 2.22. The highest BCUT2D eigenvalue weighted by Crippen LogP contribution is 2.34. The first-order valence-electron chi connectivity index (χ1n) is 6.59. The molecule has 94 valence electrons. The van der Waals surface area contributed by atoms with Crippen LogP contribution in [0.4, 0.5) is 0 Å². The molecule has 0 radical (unpaired) electrons. The van der Waals surface area contributed by atoms with Gasteiger partial charge in [0.1, 0.15) is 0 Å². The summed E-state index contributed by atoms with van der Waals surface area (Å²) >= 11 is 0. The third kappa shape index (κ3) is 2.35. The Morgan fingerprint density at radius 3 is 2.71 bits per heavy atom. The lowest BCUT2D eigenvalue weighted by Gasteiger charge is -2.43. The summed E-state index contributed by atoms with van der Waals surface area (Å²) in [6.07, 6.45) is 7.37. The van der Waals surface area contributed by atoms with Crippen molar-refractivity contribution < 1.29 is 0 Å². The van der Waals surface area contributed by atoms with E-state index in [4.69, 9.17) is 5.73 Å². The molecule has 1 saturated heterocycles. The summed E-state index contributed by atoms with van der Waals surface area (Å²) in [6, 6.07) is 4.09. The van der Waals surface area contributed by atoms with Crippen molar-refractivity contribution >= 4 is 0 Å². The van der Waals surface area contributed by atoms with Gasteiger partial charge in [0.05, 0.1) is 0 Å². The minimum absolute atomic E-state index is 0.0410. The van der Waals surface area contributed by atoms with Crippen molar-refractivity contribution in [3.05, 3.63) is 30.1 Å². The van der Waals surface area contributed by atoms with Crippen LogP contribution in [0.2, 0.25) is 0 Å². The van der Waals surface area contributed by atoms with Gasteiger partial charge in [-0.15, -0.1) is 0 Å². The van der Waals surface area contributed by atoms with E-state index in [1.807, 2.05) is 12.3 Å². The van der Waals surface area contributed by atoms with E-state index in [1.165, 1.54) is 25.9 Å². The SMILES string of the molecule is CCC(C)(C(N)c1cccnc1)N1CCCC1. The van der Waals surface area contributed by atoms with Crippen LogP contribution in [0.15, 0.2) is 24.5 Å². The van der Waals surface area contributed by atoms with E-state index in [-0.39, 0.29) is 11.6 Å². The Kier molecular flexibility index (Phi) is 3.79. The summed E-state index contributed by atoms with van der Waals surface area (Å²) in [5.41, 5.74) is 7.68. The second kappa shape index (κ2) is 5.15. The lowest BCUT2D eigenvalue weighted by atomic mass is 9.84. The van der Waals surface area contributed by atoms with Gasteiger partial charge in [-0.05, 0) is 50.9 Å². The maximum Gasteiger partial charge on any atom is 0.0494 e. The Morgan fingerprint density at radius 1 is 1.47 bits per heavy atom. The van der Waals surface area contributed by atoms with Crippen molar-refractivity contribution in [3.63, 3.8) is 0 Å². The molecule has 0 aliphatic carbocycles. The molecule has 3 heteroatoms. The van der Waals surface area contributed by atoms with E-state index in [9.17, 15) is 0 Å². The number of nitrogens with two attached hydrogens (primary N) is 1. The predicted octanol–water partition coefficient (Wildman–Crippen LogP) is 2.35. The first-order chi connectivity index (χ1) is 8.18. The van der Waals surface area contributed by atoms with Crippen molar-refractivity contribution in [1.82, 2.24) is 9.88 Å². The molecule has 17 heavy (non-hydrogen) atoms. The van der Waals surface area contributed by atoms with Gasteiger partial charge in [-0.3, -0.25) is 9.88 Å². The van der Waals surface area contributed by atoms with Gasteiger partial charge < -0.3 is 5.73 Å². The maximum atomic E-state index is 6.48. The number of aromatic nitrogens is 1. The fourth-order valence-corrected chi connectivity index (χ4v) is 2.79. The van der Waals surface area contributed by atoms with Crippen LogP contribution in [-0.2, 0) is 0 Å². The molecule has 0 amide bonds. The zero-order valence-corrected chi connectivity index (χ0v) is 10.9. The summed E-state index contributed by atoms with van der Waals surface area (Å²) in [4.78, 5) is 6.73. The van der Waals surface area contributed by atoms with Gasteiger partial charge in [-0.1, -0.05) is 13.0 Å². The fourth-order valence-electron chi connectivity index (χ4n) is 2.79. The van der Waals surface area contributed by atoms with Gasteiger partial charge in [0.15, 0.2) is 0 Å². The van der Waals surface area contributed by atoms with E-state index in [1.54, 1.807) is 6.20 Å². The lowest BCUT2D eigenvalue weighted by molar-refractivity contribution is 0.0999. The number of pyridine rings is 1. The predicted molar refractivity (Wildman–Crippen MR) is 70.7 cm³/mol. The average molecular weight is 233 g/mol. The monoisotopic (exact) mass is 233 g/mol. The third-order valence-corrected chi connectivity index (χ3v) is 4.26. The Labute approximate surface area is 104 Å². The Bertz CT molecular complexity index is 346. The quantitative estimate of drug-likeness (QED) is 0.868. The topological polar surface area (TPSA) is 42.1 Å². The molecule has 1 aliphatic rings. The largest absolute Gasteiger partial charge is 0.322 e. The number of likely N-dealkylation sites (tertiary alicyclic amines) is 1. The molecule has 0 aromatic carbocycles. The van der Waals surface area contributed by atoms with Gasteiger partial charge >= 0.3 is 0 Å². The fraction of sp³-hybridized carbons (Fsp3) is 0.643. The smallest absolute Gasteiger partial charge is 0.0494 e. The van der Waals surface area contributed by atoms with E-state index in [0.29, 0.717) is 0 Å². The van der Waals surface area contributed by atoms with Gasteiger partial charge in [0.25, 0.3) is 0 Å². The van der Waals surface area contributed by atoms with Crippen molar-refractivity contribution in [2.24, 2.45) is 5.73 Å².